The summed E-state index contributed by atoms with van der Waals surface area (Å²) in [6, 6.07) is 1.87. The van der Waals surface area contributed by atoms with E-state index in [1.807, 2.05) is 18.4 Å². The van der Waals surface area contributed by atoms with Crippen LogP contribution in [0.3, 0.4) is 0 Å². The van der Waals surface area contributed by atoms with E-state index in [2.05, 4.69) is 12.0 Å². The highest BCUT2D eigenvalue weighted by molar-refractivity contribution is 7.12. The Bertz CT molecular complexity index is 374. The third-order valence-corrected chi connectivity index (χ3v) is 2.97. The van der Waals surface area contributed by atoms with Crippen molar-refractivity contribution in [2.45, 2.75) is 20.0 Å². The second-order valence-electron chi connectivity index (χ2n) is 3.51. The lowest BCUT2D eigenvalue weighted by Gasteiger charge is -2.04. The number of carbonyl (C=O) groups is 1. The van der Waals surface area contributed by atoms with Gasteiger partial charge in [0, 0.05) is 5.56 Å². The minimum absolute atomic E-state index is 0.270. The first-order chi connectivity index (χ1) is 7.65. The topological polar surface area (TPSA) is 64.3 Å². The van der Waals surface area contributed by atoms with Gasteiger partial charge in [-0.25, -0.2) is 5.84 Å². The first kappa shape index (κ1) is 12.9. The Balaban J connectivity index is 2.45. The number of hydrogen-bond acceptors (Lipinski definition) is 4. The van der Waals surface area contributed by atoms with Crippen LogP contribution in [0.5, 0.6) is 0 Å². The maximum atomic E-state index is 11.3. The van der Waals surface area contributed by atoms with Crippen molar-refractivity contribution in [3.63, 3.8) is 0 Å². The average molecular weight is 240 g/mol. The van der Waals surface area contributed by atoms with Crippen molar-refractivity contribution in [1.29, 1.82) is 0 Å². The molecule has 88 valence electrons. The van der Waals surface area contributed by atoms with Gasteiger partial charge in [-0.3, -0.25) is 10.2 Å². The molecule has 0 aromatic carbocycles. The minimum Gasteiger partial charge on any atom is -0.376 e. The number of thiophene rings is 1. The van der Waals surface area contributed by atoms with Crippen LogP contribution in [0.2, 0.25) is 0 Å². The van der Waals surface area contributed by atoms with Crippen LogP contribution in [0.25, 0.3) is 0 Å². The number of ether oxygens (including phenoxy) is 1. The number of carbonyl (C=O) groups excluding carboxylic acids is 1. The zero-order chi connectivity index (χ0) is 12.0. The van der Waals surface area contributed by atoms with Crippen LogP contribution in [0.1, 0.15) is 28.6 Å². The summed E-state index contributed by atoms with van der Waals surface area (Å²) < 4.78 is 5.45. The summed E-state index contributed by atoms with van der Waals surface area (Å²) >= 11 is 1.36. The Morgan fingerprint density at radius 3 is 3.06 bits per heavy atom. The quantitative estimate of drug-likeness (QED) is 0.262. The minimum atomic E-state index is -0.270. The maximum absolute atomic E-state index is 11.3. The fourth-order valence-corrected chi connectivity index (χ4v) is 1.96. The number of hydrogen-bond donors (Lipinski definition) is 2. The van der Waals surface area contributed by atoms with Crippen LogP contribution in [0.4, 0.5) is 0 Å². The fourth-order valence-electron chi connectivity index (χ4n) is 1.14. The summed E-state index contributed by atoms with van der Waals surface area (Å²) in [5.41, 5.74) is 4.08. The van der Waals surface area contributed by atoms with Crippen molar-refractivity contribution in [3.05, 3.63) is 34.0 Å². The summed E-state index contributed by atoms with van der Waals surface area (Å²) in [4.78, 5) is 12.0. The molecule has 0 aliphatic carbocycles. The van der Waals surface area contributed by atoms with Gasteiger partial charge in [0.25, 0.3) is 5.91 Å². The van der Waals surface area contributed by atoms with E-state index in [4.69, 9.17) is 10.6 Å². The molecule has 0 fully saturated rings. The highest BCUT2D eigenvalue weighted by atomic mass is 32.1. The number of nitrogens with two attached hydrogens (primary N) is 1. The van der Waals surface area contributed by atoms with Crippen molar-refractivity contribution in [3.8, 4) is 0 Å². The molecule has 0 bridgehead atoms. The summed E-state index contributed by atoms with van der Waals surface area (Å²) in [6.07, 6.45) is 0.836. The predicted octanol–water partition coefficient (Wildman–Crippen LogP) is 1.83. The lowest BCUT2D eigenvalue weighted by molar-refractivity contribution is 0.0946. The lowest BCUT2D eigenvalue weighted by atomic mass is 10.2. The van der Waals surface area contributed by atoms with Gasteiger partial charge < -0.3 is 4.74 Å². The lowest BCUT2D eigenvalue weighted by Crippen LogP contribution is -2.30. The third-order valence-electron chi connectivity index (χ3n) is 2.01. The van der Waals surface area contributed by atoms with E-state index in [0.717, 1.165) is 17.6 Å². The van der Waals surface area contributed by atoms with Gasteiger partial charge in [-0.2, -0.15) is 0 Å². The average Bonchev–Trinajstić information content (AvgIpc) is 2.71. The van der Waals surface area contributed by atoms with Crippen molar-refractivity contribution in [1.82, 2.24) is 5.43 Å². The second kappa shape index (κ2) is 6.42. The number of hydrazine groups is 1. The Kier molecular flexibility index (Phi) is 5.18. The smallest absolute Gasteiger partial charge is 0.275 e. The van der Waals surface area contributed by atoms with Crippen LogP contribution in [-0.2, 0) is 11.3 Å². The van der Waals surface area contributed by atoms with Crippen molar-refractivity contribution in [2.75, 3.05) is 6.61 Å². The summed E-state index contributed by atoms with van der Waals surface area (Å²) in [5, 5.41) is 1.85. The van der Waals surface area contributed by atoms with Crippen LogP contribution < -0.4 is 11.3 Å². The second-order valence-corrected chi connectivity index (χ2v) is 4.42. The molecule has 16 heavy (non-hydrogen) atoms. The van der Waals surface area contributed by atoms with Gasteiger partial charge in [0.1, 0.15) is 0 Å². The summed E-state index contributed by atoms with van der Waals surface area (Å²) in [7, 11) is 0. The van der Waals surface area contributed by atoms with Crippen molar-refractivity contribution < 1.29 is 9.53 Å². The Hall–Kier alpha value is -1.17. The molecule has 3 N–H and O–H groups in total. The molecule has 0 unspecified atom stereocenters. The Labute approximate surface area is 99.1 Å². The van der Waals surface area contributed by atoms with E-state index in [0.29, 0.717) is 18.1 Å². The van der Waals surface area contributed by atoms with Crippen LogP contribution in [-0.4, -0.2) is 12.5 Å². The highest BCUT2D eigenvalue weighted by Crippen LogP contribution is 2.17. The molecule has 5 heteroatoms. The van der Waals surface area contributed by atoms with Gasteiger partial charge in [0.15, 0.2) is 0 Å². The molecule has 1 heterocycles. The van der Waals surface area contributed by atoms with Gasteiger partial charge in [-0.1, -0.05) is 5.57 Å². The molecule has 0 spiro atoms. The molecule has 0 radical (unpaired) electrons. The zero-order valence-electron chi connectivity index (χ0n) is 9.29. The predicted molar refractivity (Wildman–Crippen MR) is 65.1 cm³/mol. The molecule has 0 saturated carbocycles. The van der Waals surface area contributed by atoms with Crippen molar-refractivity contribution in [2.24, 2.45) is 5.84 Å². The molecule has 1 aromatic rings. The normalized spacial score (nSPS) is 10.1. The van der Waals surface area contributed by atoms with Gasteiger partial charge in [0.2, 0.25) is 0 Å². The molecule has 1 amide bonds. The third kappa shape index (κ3) is 3.77. The van der Waals surface area contributed by atoms with Crippen LogP contribution in [0.15, 0.2) is 23.6 Å². The highest BCUT2D eigenvalue weighted by Gasteiger charge is 2.11. The first-order valence-electron chi connectivity index (χ1n) is 4.94. The van der Waals surface area contributed by atoms with E-state index < -0.39 is 0 Å². The molecule has 1 aromatic heterocycles. The van der Waals surface area contributed by atoms with Crippen LogP contribution >= 0.6 is 11.3 Å². The zero-order valence-corrected chi connectivity index (χ0v) is 10.1. The van der Waals surface area contributed by atoms with E-state index in [-0.39, 0.29) is 5.91 Å². The van der Waals surface area contributed by atoms with Gasteiger partial charge in [-0.15, -0.1) is 17.9 Å². The molecule has 0 atom stereocenters. The fraction of sp³-hybridized carbons (Fsp3) is 0.364. The monoisotopic (exact) mass is 240 g/mol. The number of rotatable bonds is 6. The van der Waals surface area contributed by atoms with Gasteiger partial charge in [0.05, 0.1) is 18.1 Å². The standard InChI is InChI=1S/C11H16N2O2S/c1-8(2)3-5-15-7-9-4-6-16-10(9)11(14)13-12/h4,6H,1,3,5,7,12H2,2H3,(H,13,14). The van der Waals surface area contributed by atoms with Crippen molar-refractivity contribution >= 4 is 17.2 Å². The number of nitrogen functional groups attached to an aromatic ring is 1. The molecular weight excluding hydrogens is 224 g/mol. The molecule has 0 aliphatic rings. The SMILES string of the molecule is C=C(C)CCOCc1ccsc1C(=O)NN. The Morgan fingerprint density at radius 2 is 2.44 bits per heavy atom. The molecular formula is C11H16N2O2S. The molecule has 1 rings (SSSR count). The van der Waals surface area contributed by atoms with Crippen LogP contribution in [0, 0.1) is 0 Å². The van der Waals surface area contributed by atoms with E-state index >= 15 is 0 Å². The number of nitrogens with one attached hydrogen (secondary N) is 1. The van der Waals surface area contributed by atoms with Gasteiger partial charge in [-0.05, 0) is 24.8 Å². The maximum Gasteiger partial charge on any atom is 0.275 e. The number of amides is 1. The molecule has 4 nitrogen and oxygen atoms in total. The largest absolute Gasteiger partial charge is 0.376 e. The summed E-state index contributed by atoms with van der Waals surface area (Å²) in [5.74, 6) is 4.81. The Morgan fingerprint density at radius 1 is 1.69 bits per heavy atom. The van der Waals surface area contributed by atoms with E-state index in [1.165, 1.54) is 11.3 Å². The van der Waals surface area contributed by atoms with E-state index in [9.17, 15) is 4.79 Å². The summed E-state index contributed by atoms with van der Waals surface area (Å²) in [6.45, 7) is 6.80. The molecule has 0 saturated heterocycles. The van der Waals surface area contributed by atoms with Gasteiger partial charge >= 0.3 is 0 Å². The molecule has 0 aliphatic heterocycles. The first-order valence-corrected chi connectivity index (χ1v) is 5.82. The van der Waals surface area contributed by atoms with E-state index in [1.54, 1.807) is 0 Å².